The molecule has 0 aromatic heterocycles. The average Bonchev–Trinajstić information content (AvgIpc) is 2.64. The summed E-state index contributed by atoms with van der Waals surface area (Å²) in [6.45, 7) is 9.18. The topological polar surface area (TPSA) is 58.8 Å². The predicted molar refractivity (Wildman–Crippen MR) is 77.0 cm³/mol. The van der Waals surface area contributed by atoms with Gasteiger partial charge >= 0.3 is 0 Å². The Bertz CT molecular complexity index is 282. The molecule has 1 heterocycles. The number of ether oxygens (including phenoxy) is 1. The maximum atomic E-state index is 12.3. The fourth-order valence-corrected chi connectivity index (χ4v) is 2.35. The summed E-state index contributed by atoms with van der Waals surface area (Å²) >= 11 is 0. The molecule has 0 bridgehead atoms. The molecule has 5 heteroatoms. The maximum absolute atomic E-state index is 12.3. The lowest BCUT2D eigenvalue weighted by molar-refractivity contribution is -0.150. The van der Waals surface area contributed by atoms with E-state index in [1.807, 2.05) is 18.7 Å². The number of carbonyl (C=O) groups is 1. The summed E-state index contributed by atoms with van der Waals surface area (Å²) in [7, 11) is 1.59. The van der Waals surface area contributed by atoms with Crippen LogP contribution >= 0.6 is 0 Å². The molecule has 1 aliphatic rings. The number of nitrogens with zero attached hydrogens (tertiary/aromatic N) is 2. The first-order chi connectivity index (χ1) is 9.01. The van der Waals surface area contributed by atoms with Crippen molar-refractivity contribution in [3.05, 3.63) is 0 Å². The minimum Gasteiger partial charge on any atom is -0.369 e. The van der Waals surface area contributed by atoms with Gasteiger partial charge in [-0.15, -0.1) is 0 Å². The first kappa shape index (κ1) is 16.4. The summed E-state index contributed by atoms with van der Waals surface area (Å²) < 4.78 is 5.28. The molecule has 1 fully saturated rings. The van der Waals surface area contributed by atoms with Crippen molar-refractivity contribution in [2.24, 2.45) is 5.73 Å². The highest BCUT2D eigenvalue weighted by atomic mass is 16.5. The van der Waals surface area contributed by atoms with E-state index in [-0.39, 0.29) is 5.91 Å². The smallest absolute Gasteiger partial charge is 0.254 e. The first-order valence-corrected chi connectivity index (χ1v) is 7.28. The number of methoxy groups -OCH3 is 1. The number of carbonyl (C=O) groups excluding carboxylic acids is 1. The van der Waals surface area contributed by atoms with Crippen LogP contribution in [0.2, 0.25) is 0 Å². The van der Waals surface area contributed by atoms with Gasteiger partial charge in [0.2, 0.25) is 0 Å². The fraction of sp³-hybridized carbons (Fsp3) is 0.929. The Morgan fingerprint density at radius 3 is 2.58 bits per heavy atom. The van der Waals surface area contributed by atoms with E-state index < -0.39 is 5.60 Å². The maximum Gasteiger partial charge on any atom is 0.254 e. The Hall–Kier alpha value is -0.650. The van der Waals surface area contributed by atoms with Gasteiger partial charge in [-0.1, -0.05) is 0 Å². The lowest BCUT2D eigenvalue weighted by atomic mass is 10.1. The largest absolute Gasteiger partial charge is 0.369 e. The lowest BCUT2D eigenvalue weighted by Gasteiger charge is -2.30. The van der Waals surface area contributed by atoms with Crippen LogP contribution in [0.4, 0.5) is 0 Å². The Kier molecular flexibility index (Phi) is 6.75. The molecule has 0 radical (unpaired) electrons. The standard InChI is InChI=1S/C14H29N3O2/c1-14(2,19-3)13(18)17-10-6-9-16(11-12-17)8-5-4-7-15/h4-12,15H2,1-3H3. The molecule has 0 saturated carbocycles. The highest BCUT2D eigenvalue weighted by molar-refractivity contribution is 5.84. The van der Waals surface area contributed by atoms with Crippen molar-refractivity contribution in [1.29, 1.82) is 0 Å². The van der Waals surface area contributed by atoms with Crippen LogP contribution in [0.3, 0.4) is 0 Å². The molecule has 1 aliphatic heterocycles. The molecule has 19 heavy (non-hydrogen) atoms. The van der Waals surface area contributed by atoms with Gasteiger partial charge in [0.1, 0.15) is 5.60 Å². The second-order valence-corrected chi connectivity index (χ2v) is 5.70. The SMILES string of the molecule is COC(C)(C)C(=O)N1CCCN(CCCCN)CC1. The molecule has 0 aromatic carbocycles. The molecular weight excluding hydrogens is 242 g/mol. The summed E-state index contributed by atoms with van der Waals surface area (Å²) in [4.78, 5) is 16.7. The summed E-state index contributed by atoms with van der Waals surface area (Å²) in [6.07, 6.45) is 3.26. The van der Waals surface area contributed by atoms with Crippen LogP contribution in [-0.2, 0) is 9.53 Å². The molecule has 0 aromatic rings. The van der Waals surface area contributed by atoms with Crippen molar-refractivity contribution in [3.63, 3.8) is 0 Å². The zero-order valence-electron chi connectivity index (χ0n) is 12.7. The third-order valence-corrected chi connectivity index (χ3v) is 3.83. The lowest BCUT2D eigenvalue weighted by Crippen LogP contribution is -2.47. The van der Waals surface area contributed by atoms with Gasteiger partial charge in [-0.2, -0.15) is 0 Å². The van der Waals surface area contributed by atoms with Crippen LogP contribution in [0.25, 0.3) is 0 Å². The van der Waals surface area contributed by atoms with E-state index in [1.165, 1.54) is 0 Å². The zero-order valence-corrected chi connectivity index (χ0v) is 12.7. The highest BCUT2D eigenvalue weighted by Gasteiger charge is 2.32. The van der Waals surface area contributed by atoms with Crippen LogP contribution in [0.15, 0.2) is 0 Å². The average molecular weight is 271 g/mol. The van der Waals surface area contributed by atoms with E-state index in [0.717, 1.165) is 58.5 Å². The van der Waals surface area contributed by atoms with Crippen LogP contribution in [0.1, 0.15) is 33.1 Å². The first-order valence-electron chi connectivity index (χ1n) is 7.28. The fourth-order valence-electron chi connectivity index (χ4n) is 2.35. The van der Waals surface area contributed by atoms with E-state index in [1.54, 1.807) is 7.11 Å². The van der Waals surface area contributed by atoms with Gasteiger partial charge in [-0.3, -0.25) is 4.79 Å². The Morgan fingerprint density at radius 1 is 1.21 bits per heavy atom. The molecule has 2 N–H and O–H groups in total. The molecule has 0 atom stereocenters. The van der Waals surface area contributed by atoms with Crippen LogP contribution in [0, 0.1) is 0 Å². The Balaban J connectivity index is 2.43. The monoisotopic (exact) mass is 271 g/mol. The molecule has 112 valence electrons. The molecule has 1 rings (SSSR count). The number of unbranched alkanes of at least 4 members (excludes halogenated alkanes) is 1. The summed E-state index contributed by atoms with van der Waals surface area (Å²) in [5.41, 5.74) is 4.80. The van der Waals surface area contributed by atoms with Crippen molar-refractivity contribution >= 4 is 5.91 Å². The summed E-state index contributed by atoms with van der Waals surface area (Å²) in [5.74, 6) is 0.0961. The molecule has 1 saturated heterocycles. The van der Waals surface area contributed by atoms with Gasteiger partial charge in [-0.05, 0) is 52.7 Å². The number of hydrogen-bond donors (Lipinski definition) is 1. The van der Waals surface area contributed by atoms with Crippen molar-refractivity contribution < 1.29 is 9.53 Å². The van der Waals surface area contributed by atoms with Gasteiger partial charge in [0.15, 0.2) is 0 Å². The van der Waals surface area contributed by atoms with Crippen LogP contribution in [-0.4, -0.2) is 67.7 Å². The van der Waals surface area contributed by atoms with Gasteiger partial charge in [0.05, 0.1) is 0 Å². The van der Waals surface area contributed by atoms with E-state index in [9.17, 15) is 4.79 Å². The number of hydrogen-bond acceptors (Lipinski definition) is 4. The van der Waals surface area contributed by atoms with Gasteiger partial charge in [-0.25, -0.2) is 0 Å². The van der Waals surface area contributed by atoms with Gasteiger partial charge < -0.3 is 20.3 Å². The summed E-state index contributed by atoms with van der Waals surface area (Å²) in [6, 6.07) is 0. The van der Waals surface area contributed by atoms with Crippen LogP contribution in [0.5, 0.6) is 0 Å². The molecule has 5 nitrogen and oxygen atoms in total. The van der Waals surface area contributed by atoms with E-state index >= 15 is 0 Å². The minimum absolute atomic E-state index is 0.0961. The molecular formula is C14H29N3O2. The molecule has 0 spiro atoms. The van der Waals surface area contributed by atoms with E-state index in [4.69, 9.17) is 10.5 Å². The minimum atomic E-state index is -0.714. The Morgan fingerprint density at radius 2 is 1.95 bits per heavy atom. The Labute approximate surface area is 117 Å². The second kappa shape index (κ2) is 7.82. The zero-order chi connectivity index (χ0) is 14.3. The van der Waals surface area contributed by atoms with Crippen molar-refractivity contribution in [2.45, 2.75) is 38.7 Å². The quantitative estimate of drug-likeness (QED) is 0.722. The number of nitrogens with two attached hydrogens (primary N) is 1. The molecule has 0 aliphatic carbocycles. The van der Waals surface area contributed by atoms with E-state index in [0.29, 0.717) is 0 Å². The van der Waals surface area contributed by atoms with Crippen molar-refractivity contribution in [2.75, 3.05) is 46.4 Å². The number of amides is 1. The molecule has 1 amide bonds. The van der Waals surface area contributed by atoms with E-state index in [2.05, 4.69) is 4.90 Å². The molecule has 0 unspecified atom stereocenters. The predicted octanol–water partition coefficient (Wildman–Crippen LogP) is 0.685. The highest BCUT2D eigenvalue weighted by Crippen LogP contribution is 2.14. The van der Waals surface area contributed by atoms with Crippen molar-refractivity contribution in [1.82, 2.24) is 9.80 Å². The van der Waals surface area contributed by atoms with Crippen molar-refractivity contribution in [3.8, 4) is 0 Å². The van der Waals surface area contributed by atoms with Gasteiger partial charge in [0.25, 0.3) is 5.91 Å². The normalized spacial score (nSPS) is 18.4. The summed E-state index contributed by atoms with van der Waals surface area (Å²) in [5, 5.41) is 0. The third-order valence-electron chi connectivity index (χ3n) is 3.83. The third kappa shape index (κ3) is 5.09. The van der Waals surface area contributed by atoms with Crippen LogP contribution < -0.4 is 5.73 Å². The second-order valence-electron chi connectivity index (χ2n) is 5.70. The van der Waals surface area contributed by atoms with Gasteiger partial charge in [0, 0.05) is 26.7 Å². The number of rotatable bonds is 6.